The van der Waals surface area contributed by atoms with Crippen LogP contribution in [0.5, 0.6) is 0 Å². The quantitative estimate of drug-likeness (QED) is 0.615. The van der Waals surface area contributed by atoms with Gasteiger partial charge >= 0.3 is 5.97 Å². The maximum absolute atomic E-state index is 11.2. The first-order chi connectivity index (χ1) is 6.16. The van der Waals surface area contributed by atoms with Crippen molar-refractivity contribution in [1.82, 2.24) is 10.2 Å². The summed E-state index contributed by atoms with van der Waals surface area (Å²) < 4.78 is 4.59. The van der Waals surface area contributed by atoms with Crippen LogP contribution in [0, 0.1) is 0 Å². The van der Waals surface area contributed by atoms with E-state index in [4.69, 9.17) is 0 Å². The molecule has 5 nitrogen and oxygen atoms in total. The maximum atomic E-state index is 11.2. The summed E-state index contributed by atoms with van der Waals surface area (Å²) in [5.74, 6) is 0.105. The van der Waals surface area contributed by atoms with Crippen molar-refractivity contribution in [3.05, 3.63) is 17.8 Å². The molecule has 0 aromatic carbocycles. The van der Waals surface area contributed by atoms with E-state index in [2.05, 4.69) is 14.9 Å². The minimum absolute atomic E-state index is 0.404. The second kappa shape index (κ2) is 3.84. The Kier molecular flexibility index (Phi) is 2.79. The van der Waals surface area contributed by atoms with Gasteiger partial charge < -0.3 is 9.64 Å². The second-order valence-electron chi connectivity index (χ2n) is 2.65. The monoisotopic (exact) mass is 181 g/mol. The van der Waals surface area contributed by atoms with Crippen molar-refractivity contribution >= 4 is 11.8 Å². The van der Waals surface area contributed by atoms with Crippen molar-refractivity contribution < 1.29 is 9.53 Å². The number of anilines is 1. The lowest BCUT2D eigenvalue weighted by Gasteiger charge is -2.12. The average Bonchev–Trinajstić information content (AvgIpc) is 2.16. The number of methoxy groups -OCH3 is 1. The zero-order chi connectivity index (χ0) is 9.84. The van der Waals surface area contributed by atoms with Crippen LogP contribution in [0.3, 0.4) is 0 Å². The lowest BCUT2D eigenvalue weighted by molar-refractivity contribution is 0.0601. The fourth-order valence-electron chi connectivity index (χ4n) is 0.924. The molecule has 13 heavy (non-hydrogen) atoms. The molecule has 1 heterocycles. The van der Waals surface area contributed by atoms with E-state index in [9.17, 15) is 4.79 Å². The molecule has 0 amide bonds. The Labute approximate surface area is 76.3 Å². The smallest absolute Gasteiger partial charge is 0.341 e. The summed E-state index contributed by atoms with van der Waals surface area (Å²) in [5, 5.41) is 7.51. The van der Waals surface area contributed by atoms with Gasteiger partial charge in [-0.1, -0.05) is 0 Å². The van der Waals surface area contributed by atoms with Gasteiger partial charge in [-0.3, -0.25) is 0 Å². The van der Waals surface area contributed by atoms with Gasteiger partial charge in [0.1, 0.15) is 5.56 Å². The minimum atomic E-state index is -0.404. The maximum Gasteiger partial charge on any atom is 0.341 e. The van der Waals surface area contributed by atoms with E-state index in [0.717, 1.165) is 0 Å². The molecule has 0 aliphatic carbocycles. The number of rotatable bonds is 2. The number of hydrogen-bond donors (Lipinski definition) is 0. The molecule has 70 valence electrons. The Hall–Kier alpha value is -1.65. The fraction of sp³-hybridized carbons (Fsp3) is 0.375. The van der Waals surface area contributed by atoms with Gasteiger partial charge in [-0.05, 0) is 6.07 Å². The number of aromatic nitrogens is 2. The fourth-order valence-corrected chi connectivity index (χ4v) is 0.924. The van der Waals surface area contributed by atoms with Crippen LogP contribution >= 0.6 is 0 Å². The first-order valence-electron chi connectivity index (χ1n) is 3.74. The van der Waals surface area contributed by atoms with Crippen molar-refractivity contribution in [2.45, 2.75) is 0 Å². The number of hydrogen-bond acceptors (Lipinski definition) is 5. The van der Waals surface area contributed by atoms with Crippen LogP contribution in [0.15, 0.2) is 12.3 Å². The molecule has 0 saturated heterocycles. The third-order valence-corrected chi connectivity index (χ3v) is 1.53. The first-order valence-corrected chi connectivity index (χ1v) is 3.74. The van der Waals surface area contributed by atoms with Crippen LogP contribution in [0.1, 0.15) is 10.4 Å². The van der Waals surface area contributed by atoms with Crippen LogP contribution < -0.4 is 4.90 Å². The number of carbonyl (C=O) groups is 1. The van der Waals surface area contributed by atoms with Crippen LogP contribution in [0.25, 0.3) is 0 Å². The number of esters is 1. The molecular weight excluding hydrogens is 170 g/mol. The molecule has 0 aliphatic rings. The lowest BCUT2D eigenvalue weighted by Crippen LogP contribution is -2.16. The van der Waals surface area contributed by atoms with E-state index in [-0.39, 0.29) is 0 Å². The van der Waals surface area contributed by atoms with Crippen LogP contribution in [-0.4, -0.2) is 37.4 Å². The normalized spacial score (nSPS) is 9.46. The summed E-state index contributed by atoms with van der Waals surface area (Å²) in [7, 11) is 4.91. The molecule has 0 fully saturated rings. The Morgan fingerprint density at radius 1 is 1.54 bits per heavy atom. The summed E-state index contributed by atoms with van der Waals surface area (Å²) >= 11 is 0. The third-order valence-electron chi connectivity index (χ3n) is 1.53. The molecule has 0 saturated carbocycles. The number of nitrogens with zero attached hydrogens (tertiary/aromatic N) is 3. The summed E-state index contributed by atoms with van der Waals surface area (Å²) in [5.41, 5.74) is 0.419. The Balaban J connectivity index is 3.12. The topological polar surface area (TPSA) is 55.3 Å². The predicted octanol–water partition coefficient (Wildman–Crippen LogP) is 0.329. The zero-order valence-electron chi connectivity index (χ0n) is 7.81. The van der Waals surface area contributed by atoms with Crippen LogP contribution in [0.4, 0.5) is 5.82 Å². The van der Waals surface area contributed by atoms with Crippen molar-refractivity contribution in [3.8, 4) is 0 Å². The Morgan fingerprint density at radius 2 is 2.23 bits per heavy atom. The predicted molar refractivity (Wildman–Crippen MR) is 47.7 cm³/mol. The molecule has 0 atom stereocenters. The Bertz CT molecular complexity index is 312. The highest BCUT2D eigenvalue weighted by molar-refractivity contribution is 5.94. The number of carbonyl (C=O) groups excluding carboxylic acids is 1. The van der Waals surface area contributed by atoms with E-state index >= 15 is 0 Å². The molecule has 0 bridgehead atoms. The van der Waals surface area contributed by atoms with E-state index in [1.165, 1.54) is 13.3 Å². The Morgan fingerprint density at radius 3 is 2.77 bits per heavy atom. The molecule has 0 radical (unpaired) electrons. The minimum Gasteiger partial charge on any atom is -0.465 e. The molecule has 1 rings (SSSR count). The van der Waals surface area contributed by atoms with E-state index in [1.807, 2.05) is 0 Å². The van der Waals surface area contributed by atoms with Crippen molar-refractivity contribution in [2.75, 3.05) is 26.1 Å². The molecular formula is C8H11N3O2. The second-order valence-corrected chi connectivity index (χ2v) is 2.65. The van der Waals surface area contributed by atoms with E-state index in [1.54, 1.807) is 25.1 Å². The summed E-state index contributed by atoms with van der Waals surface area (Å²) in [6, 6.07) is 1.58. The lowest BCUT2D eigenvalue weighted by atomic mass is 10.3. The SMILES string of the molecule is COC(=O)c1ccnnc1N(C)C. The largest absolute Gasteiger partial charge is 0.465 e. The van der Waals surface area contributed by atoms with Gasteiger partial charge in [-0.2, -0.15) is 5.10 Å². The number of ether oxygens (including phenoxy) is 1. The van der Waals surface area contributed by atoms with Crippen molar-refractivity contribution in [1.29, 1.82) is 0 Å². The molecule has 0 N–H and O–H groups in total. The van der Waals surface area contributed by atoms with Gasteiger partial charge in [0.15, 0.2) is 5.82 Å². The van der Waals surface area contributed by atoms with E-state index in [0.29, 0.717) is 11.4 Å². The summed E-state index contributed by atoms with van der Waals surface area (Å²) in [4.78, 5) is 12.9. The van der Waals surface area contributed by atoms with Gasteiger partial charge in [-0.15, -0.1) is 5.10 Å². The van der Waals surface area contributed by atoms with Gasteiger partial charge in [0, 0.05) is 14.1 Å². The summed E-state index contributed by atoms with van der Waals surface area (Å²) in [6.07, 6.45) is 1.46. The highest BCUT2D eigenvalue weighted by atomic mass is 16.5. The molecule has 5 heteroatoms. The third kappa shape index (κ3) is 1.93. The van der Waals surface area contributed by atoms with Crippen LogP contribution in [0.2, 0.25) is 0 Å². The van der Waals surface area contributed by atoms with Gasteiger partial charge in [0.25, 0.3) is 0 Å². The van der Waals surface area contributed by atoms with Gasteiger partial charge in [0.05, 0.1) is 13.3 Å². The van der Waals surface area contributed by atoms with E-state index < -0.39 is 5.97 Å². The van der Waals surface area contributed by atoms with Gasteiger partial charge in [-0.25, -0.2) is 4.79 Å². The van der Waals surface area contributed by atoms with Gasteiger partial charge in [0.2, 0.25) is 0 Å². The molecule has 0 unspecified atom stereocenters. The first kappa shape index (κ1) is 9.44. The highest BCUT2D eigenvalue weighted by Crippen LogP contribution is 2.13. The van der Waals surface area contributed by atoms with Crippen molar-refractivity contribution in [2.24, 2.45) is 0 Å². The van der Waals surface area contributed by atoms with Crippen LogP contribution in [-0.2, 0) is 4.74 Å². The highest BCUT2D eigenvalue weighted by Gasteiger charge is 2.13. The molecule has 1 aromatic rings. The summed E-state index contributed by atoms with van der Waals surface area (Å²) in [6.45, 7) is 0. The molecule has 0 aliphatic heterocycles. The van der Waals surface area contributed by atoms with Crippen molar-refractivity contribution in [3.63, 3.8) is 0 Å². The molecule has 0 spiro atoms. The average molecular weight is 181 g/mol. The molecule has 1 aromatic heterocycles. The standard InChI is InChI=1S/C8H11N3O2/c1-11(2)7-6(8(12)13-3)4-5-9-10-7/h4-5H,1-3H3. The zero-order valence-corrected chi connectivity index (χ0v) is 7.81.